The number of morpholine rings is 1. The molecule has 1 atom stereocenters. The molecular formula is C18H21N3O2S. The number of hydrogen-bond acceptors (Lipinski definition) is 5. The molecule has 3 heterocycles. The summed E-state index contributed by atoms with van der Waals surface area (Å²) in [5, 5.41) is 9.69. The maximum atomic E-state index is 9.69. The Kier molecular flexibility index (Phi) is 4.04. The summed E-state index contributed by atoms with van der Waals surface area (Å²) in [6.07, 6.45) is 2.17. The maximum Gasteiger partial charge on any atom is 0.194 e. The highest BCUT2D eigenvalue weighted by atomic mass is 32.1. The first kappa shape index (κ1) is 15.6. The van der Waals surface area contributed by atoms with Crippen LogP contribution in [0, 0.1) is 13.8 Å². The first-order valence-corrected chi connectivity index (χ1v) is 8.98. The number of rotatable bonds is 3. The van der Waals surface area contributed by atoms with Gasteiger partial charge in [-0.3, -0.25) is 9.30 Å². The van der Waals surface area contributed by atoms with E-state index in [9.17, 15) is 5.11 Å². The molecule has 0 amide bonds. The molecule has 5 nitrogen and oxygen atoms in total. The summed E-state index contributed by atoms with van der Waals surface area (Å²) in [5.41, 5.74) is 3.38. The number of phenols is 1. The number of aryl methyl sites for hydroxylation is 2. The summed E-state index contributed by atoms with van der Waals surface area (Å²) in [6, 6.07) is 7.36. The summed E-state index contributed by atoms with van der Waals surface area (Å²) < 4.78 is 8.13. The summed E-state index contributed by atoms with van der Waals surface area (Å²) in [4.78, 5) is 9.43. The lowest BCUT2D eigenvalue weighted by Crippen LogP contribution is -2.38. The smallest absolute Gasteiger partial charge is 0.194 e. The van der Waals surface area contributed by atoms with Crippen molar-refractivity contribution in [2.45, 2.75) is 26.5 Å². The van der Waals surface area contributed by atoms with Crippen molar-refractivity contribution in [1.29, 1.82) is 0 Å². The average molecular weight is 343 g/mol. The Morgan fingerprint density at radius 3 is 3.08 bits per heavy atom. The van der Waals surface area contributed by atoms with Crippen LogP contribution in [-0.4, -0.2) is 39.1 Å². The van der Waals surface area contributed by atoms with Gasteiger partial charge in [0.25, 0.3) is 0 Å². The van der Waals surface area contributed by atoms with Crippen LogP contribution in [0.1, 0.15) is 27.9 Å². The van der Waals surface area contributed by atoms with Gasteiger partial charge in [0.1, 0.15) is 5.75 Å². The number of thiazole rings is 1. The molecule has 2 aromatic heterocycles. The van der Waals surface area contributed by atoms with E-state index in [1.807, 2.05) is 12.1 Å². The summed E-state index contributed by atoms with van der Waals surface area (Å²) in [6.45, 7) is 7.48. The van der Waals surface area contributed by atoms with Gasteiger partial charge in [-0.15, -0.1) is 11.3 Å². The summed E-state index contributed by atoms with van der Waals surface area (Å²) in [7, 11) is 0. The van der Waals surface area contributed by atoms with Crippen LogP contribution < -0.4 is 0 Å². The third-order valence-corrected chi connectivity index (χ3v) is 5.40. The maximum absolute atomic E-state index is 9.69. The van der Waals surface area contributed by atoms with Gasteiger partial charge in [0, 0.05) is 30.7 Å². The van der Waals surface area contributed by atoms with Gasteiger partial charge in [0.15, 0.2) is 4.96 Å². The summed E-state index contributed by atoms with van der Waals surface area (Å²) >= 11 is 1.73. The van der Waals surface area contributed by atoms with E-state index >= 15 is 0 Å². The van der Waals surface area contributed by atoms with Crippen molar-refractivity contribution in [3.63, 3.8) is 0 Å². The lowest BCUT2D eigenvalue weighted by Gasteiger charge is -2.33. The number of nitrogens with zero attached hydrogens (tertiary/aromatic N) is 3. The molecule has 126 valence electrons. The van der Waals surface area contributed by atoms with E-state index in [4.69, 9.17) is 4.74 Å². The fourth-order valence-electron chi connectivity index (χ4n) is 3.28. The monoisotopic (exact) mass is 343 g/mol. The molecule has 0 saturated carbocycles. The quantitative estimate of drug-likeness (QED) is 0.793. The van der Waals surface area contributed by atoms with Crippen LogP contribution in [0.4, 0.5) is 0 Å². The normalized spacial score (nSPS) is 19.2. The Morgan fingerprint density at radius 2 is 2.25 bits per heavy atom. The molecule has 1 fully saturated rings. The van der Waals surface area contributed by atoms with Gasteiger partial charge in [-0.2, -0.15) is 0 Å². The number of phenolic OH excluding ortho intramolecular Hbond substituents is 1. The largest absolute Gasteiger partial charge is 0.508 e. The second-order valence-corrected chi connectivity index (χ2v) is 7.54. The standard InChI is InChI=1S/C18H21N3O2S/c1-12-9-21-16(13(2)19-18(21)24-12)10-20-6-7-23-17(11-20)14-4-3-5-15(22)8-14/h3-5,8-9,17,22H,6-7,10-11H2,1-2H3/t17-/m0/s1. The van der Waals surface area contributed by atoms with Gasteiger partial charge in [-0.05, 0) is 31.5 Å². The van der Waals surface area contributed by atoms with Gasteiger partial charge in [-0.1, -0.05) is 12.1 Å². The molecule has 0 bridgehead atoms. The van der Waals surface area contributed by atoms with E-state index in [1.54, 1.807) is 23.5 Å². The van der Waals surface area contributed by atoms with Crippen molar-refractivity contribution in [2.24, 2.45) is 0 Å². The highest BCUT2D eigenvalue weighted by Crippen LogP contribution is 2.27. The first-order chi connectivity index (χ1) is 11.6. The highest BCUT2D eigenvalue weighted by molar-refractivity contribution is 7.17. The van der Waals surface area contributed by atoms with Crippen molar-refractivity contribution in [3.05, 3.63) is 52.3 Å². The lowest BCUT2D eigenvalue weighted by molar-refractivity contribution is -0.0334. The minimum atomic E-state index is -0.00113. The molecule has 6 heteroatoms. The zero-order valence-electron chi connectivity index (χ0n) is 13.9. The van der Waals surface area contributed by atoms with E-state index in [0.29, 0.717) is 6.61 Å². The molecule has 1 aliphatic rings. The molecule has 0 unspecified atom stereocenters. The first-order valence-electron chi connectivity index (χ1n) is 8.17. The van der Waals surface area contributed by atoms with Crippen molar-refractivity contribution in [2.75, 3.05) is 19.7 Å². The Labute approximate surface area is 145 Å². The topological polar surface area (TPSA) is 50.0 Å². The average Bonchev–Trinajstić information content (AvgIpc) is 3.05. The summed E-state index contributed by atoms with van der Waals surface area (Å²) in [5.74, 6) is 0.287. The van der Waals surface area contributed by atoms with Gasteiger partial charge in [0.05, 0.1) is 24.1 Å². The highest BCUT2D eigenvalue weighted by Gasteiger charge is 2.24. The molecule has 4 rings (SSSR count). The van der Waals surface area contributed by atoms with Crippen LogP contribution in [-0.2, 0) is 11.3 Å². The molecule has 1 N–H and O–H groups in total. The van der Waals surface area contributed by atoms with Crippen LogP contribution in [0.5, 0.6) is 5.75 Å². The Balaban J connectivity index is 1.55. The molecule has 1 aromatic carbocycles. The molecule has 1 aliphatic heterocycles. The van der Waals surface area contributed by atoms with E-state index < -0.39 is 0 Å². The zero-order chi connectivity index (χ0) is 16.7. The Hall–Kier alpha value is -1.89. The molecule has 1 saturated heterocycles. The number of ether oxygens (including phenoxy) is 1. The van der Waals surface area contributed by atoms with E-state index in [1.165, 1.54) is 10.6 Å². The fourth-order valence-corrected chi connectivity index (χ4v) is 4.17. The number of fused-ring (bicyclic) bond motifs is 1. The third-order valence-electron chi connectivity index (χ3n) is 4.51. The van der Waals surface area contributed by atoms with Crippen molar-refractivity contribution in [3.8, 4) is 5.75 Å². The minimum Gasteiger partial charge on any atom is -0.508 e. The predicted octanol–water partition coefficient (Wildman–Crippen LogP) is 3.29. The number of imidazole rings is 1. The van der Waals surface area contributed by atoms with Crippen molar-refractivity contribution >= 4 is 16.3 Å². The molecule has 24 heavy (non-hydrogen) atoms. The molecule has 0 spiro atoms. The number of hydrogen-bond donors (Lipinski definition) is 1. The van der Waals surface area contributed by atoms with E-state index in [-0.39, 0.29) is 11.9 Å². The van der Waals surface area contributed by atoms with Crippen molar-refractivity contribution in [1.82, 2.24) is 14.3 Å². The van der Waals surface area contributed by atoms with Gasteiger partial charge < -0.3 is 9.84 Å². The molecule has 0 aliphatic carbocycles. The van der Waals surface area contributed by atoms with Gasteiger partial charge in [0.2, 0.25) is 0 Å². The van der Waals surface area contributed by atoms with Gasteiger partial charge in [-0.25, -0.2) is 4.98 Å². The Morgan fingerprint density at radius 1 is 1.38 bits per heavy atom. The Bertz CT molecular complexity index is 870. The van der Waals surface area contributed by atoms with Crippen LogP contribution in [0.2, 0.25) is 0 Å². The van der Waals surface area contributed by atoms with Crippen LogP contribution in [0.15, 0.2) is 30.5 Å². The molecule has 3 aromatic rings. The third kappa shape index (κ3) is 2.92. The van der Waals surface area contributed by atoms with E-state index in [0.717, 1.165) is 35.9 Å². The molecular weight excluding hydrogens is 322 g/mol. The zero-order valence-corrected chi connectivity index (χ0v) is 14.7. The van der Waals surface area contributed by atoms with Crippen molar-refractivity contribution < 1.29 is 9.84 Å². The lowest BCUT2D eigenvalue weighted by atomic mass is 10.1. The van der Waals surface area contributed by atoms with Crippen LogP contribution >= 0.6 is 11.3 Å². The number of benzene rings is 1. The van der Waals surface area contributed by atoms with Crippen LogP contribution in [0.3, 0.4) is 0 Å². The van der Waals surface area contributed by atoms with E-state index in [2.05, 4.69) is 34.3 Å². The molecule has 0 radical (unpaired) electrons. The second-order valence-electron chi connectivity index (χ2n) is 6.33. The SMILES string of the molecule is Cc1cn2c(CN3CCO[C@H](c4cccc(O)c4)C3)c(C)nc2s1. The number of aromatic nitrogens is 2. The van der Waals surface area contributed by atoms with Crippen LogP contribution in [0.25, 0.3) is 4.96 Å². The number of aromatic hydroxyl groups is 1. The van der Waals surface area contributed by atoms with Gasteiger partial charge >= 0.3 is 0 Å². The fraction of sp³-hybridized carbons (Fsp3) is 0.389. The predicted molar refractivity (Wildman–Crippen MR) is 94.6 cm³/mol. The second kappa shape index (κ2) is 6.20. The minimum absolute atomic E-state index is 0.00113.